The van der Waals surface area contributed by atoms with E-state index >= 15 is 0 Å². The van der Waals surface area contributed by atoms with E-state index < -0.39 is 5.60 Å². The van der Waals surface area contributed by atoms with Crippen LogP contribution in [0.3, 0.4) is 0 Å². The van der Waals surface area contributed by atoms with Crippen molar-refractivity contribution in [3.05, 3.63) is 78.0 Å². The van der Waals surface area contributed by atoms with E-state index in [1.807, 2.05) is 24.3 Å². The number of amides is 1. The Morgan fingerprint density at radius 3 is 2.92 bits per heavy atom. The van der Waals surface area contributed by atoms with Crippen LogP contribution in [0.5, 0.6) is 0 Å². The Kier molecular flexibility index (Phi) is 4.26. The molecule has 0 unspecified atom stereocenters. The molecule has 0 aliphatic heterocycles. The van der Waals surface area contributed by atoms with Crippen LogP contribution in [0, 0.1) is 0 Å². The lowest BCUT2D eigenvalue weighted by Crippen LogP contribution is -2.43. The molecular formula is C20H20N4O2. The third kappa shape index (κ3) is 3.11. The zero-order chi connectivity index (χ0) is 18.0. The lowest BCUT2D eigenvalue weighted by Gasteiger charge is -2.34. The highest BCUT2D eigenvalue weighted by Gasteiger charge is 2.34. The molecule has 0 spiro atoms. The molecule has 1 aliphatic rings. The Hall–Kier alpha value is -2.99. The van der Waals surface area contributed by atoms with Crippen molar-refractivity contribution >= 4 is 5.91 Å². The first-order valence-electron chi connectivity index (χ1n) is 8.69. The summed E-state index contributed by atoms with van der Waals surface area (Å²) in [5, 5.41) is 13.9. The van der Waals surface area contributed by atoms with Crippen LogP contribution in [0.15, 0.2) is 61.3 Å². The highest BCUT2D eigenvalue weighted by molar-refractivity contribution is 5.94. The maximum Gasteiger partial charge on any atom is 0.252 e. The Morgan fingerprint density at radius 2 is 2.15 bits per heavy atom. The van der Waals surface area contributed by atoms with E-state index in [4.69, 9.17) is 0 Å². The Morgan fingerprint density at radius 1 is 1.27 bits per heavy atom. The van der Waals surface area contributed by atoms with E-state index in [9.17, 15) is 9.90 Å². The van der Waals surface area contributed by atoms with Gasteiger partial charge in [0, 0.05) is 18.6 Å². The van der Waals surface area contributed by atoms with Crippen LogP contribution < -0.4 is 5.32 Å². The minimum absolute atomic E-state index is 0.187. The average molecular weight is 348 g/mol. The van der Waals surface area contributed by atoms with Gasteiger partial charge >= 0.3 is 0 Å². The van der Waals surface area contributed by atoms with Crippen molar-refractivity contribution in [2.75, 3.05) is 6.54 Å². The SMILES string of the molecule is O=C(NC[C@@]1(O)CCCc2ccccc21)c1ccc(-n2ccnc2)nc1. The Balaban J connectivity index is 1.46. The molecule has 3 aromatic rings. The fourth-order valence-corrected chi connectivity index (χ4v) is 3.48. The van der Waals surface area contributed by atoms with Gasteiger partial charge in [0.25, 0.3) is 5.91 Å². The third-order valence-electron chi connectivity index (χ3n) is 4.88. The summed E-state index contributed by atoms with van der Waals surface area (Å²) >= 11 is 0. The summed E-state index contributed by atoms with van der Waals surface area (Å²) in [6, 6.07) is 11.4. The van der Waals surface area contributed by atoms with Crippen LogP contribution in [0.25, 0.3) is 5.82 Å². The first-order chi connectivity index (χ1) is 12.7. The van der Waals surface area contributed by atoms with Crippen LogP contribution in [-0.4, -0.2) is 32.1 Å². The smallest absolute Gasteiger partial charge is 0.252 e. The van der Waals surface area contributed by atoms with Crippen molar-refractivity contribution in [2.24, 2.45) is 0 Å². The van der Waals surface area contributed by atoms with E-state index in [0.29, 0.717) is 17.8 Å². The van der Waals surface area contributed by atoms with Crippen LogP contribution >= 0.6 is 0 Å². The lowest BCUT2D eigenvalue weighted by atomic mass is 9.79. The molecular weight excluding hydrogens is 328 g/mol. The van der Waals surface area contributed by atoms with Gasteiger partial charge in [0.1, 0.15) is 17.7 Å². The summed E-state index contributed by atoms with van der Waals surface area (Å²) in [7, 11) is 0. The number of hydrogen-bond acceptors (Lipinski definition) is 4. The largest absolute Gasteiger partial charge is 0.383 e. The van der Waals surface area contributed by atoms with Crippen molar-refractivity contribution in [1.29, 1.82) is 0 Å². The summed E-state index contributed by atoms with van der Waals surface area (Å²) in [5.41, 5.74) is 1.51. The van der Waals surface area contributed by atoms with Gasteiger partial charge in [-0.1, -0.05) is 24.3 Å². The number of fused-ring (bicyclic) bond motifs is 1. The molecule has 0 saturated carbocycles. The molecule has 2 heterocycles. The topological polar surface area (TPSA) is 80.0 Å². The van der Waals surface area contributed by atoms with Crippen molar-refractivity contribution < 1.29 is 9.90 Å². The van der Waals surface area contributed by atoms with Crippen molar-refractivity contribution in [1.82, 2.24) is 19.9 Å². The second-order valence-electron chi connectivity index (χ2n) is 6.60. The number of carbonyl (C=O) groups is 1. The number of rotatable bonds is 4. The molecule has 26 heavy (non-hydrogen) atoms. The number of aryl methyl sites for hydroxylation is 1. The van der Waals surface area contributed by atoms with Crippen LogP contribution in [0.4, 0.5) is 0 Å². The van der Waals surface area contributed by atoms with Gasteiger partial charge in [0.2, 0.25) is 0 Å². The molecule has 0 radical (unpaired) electrons. The van der Waals surface area contributed by atoms with E-state index in [2.05, 4.69) is 15.3 Å². The molecule has 0 bridgehead atoms. The minimum atomic E-state index is -1.02. The van der Waals surface area contributed by atoms with Crippen LogP contribution in [-0.2, 0) is 12.0 Å². The highest BCUT2D eigenvalue weighted by atomic mass is 16.3. The van der Waals surface area contributed by atoms with Gasteiger partial charge < -0.3 is 10.4 Å². The van der Waals surface area contributed by atoms with Crippen molar-refractivity contribution in [3.63, 3.8) is 0 Å². The standard InChI is InChI=1S/C20H20N4O2/c25-19(16-7-8-18(22-12-16)24-11-10-21-14-24)23-13-20(26)9-3-5-15-4-1-2-6-17(15)20/h1-2,4,6-8,10-12,14,26H,3,5,9,13H2,(H,23,25)/t20-/m0/s1. The third-order valence-corrected chi connectivity index (χ3v) is 4.88. The van der Waals surface area contributed by atoms with E-state index in [1.165, 1.54) is 6.20 Å². The lowest BCUT2D eigenvalue weighted by molar-refractivity contribution is 0.0189. The second kappa shape index (κ2) is 6.72. The molecule has 132 valence electrons. The maximum absolute atomic E-state index is 12.5. The first-order valence-corrected chi connectivity index (χ1v) is 8.69. The molecule has 2 aromatic heterocycles. The summed E-state index contributed by atoms with van der Waals surface area (Å²) in [4.78, 5) is 20.7. The van der Waals surface area contributed by atoms with Gasteiger partial charge in [0.05, 0.1) is 12.1 Å². The number of nitrogens with zero attached hydrogens (tertiary/aromatic N) is 3. The second-order valence-corrected chi connectivity index (χ2v) is 6.60. The monoisotopic (exact) mass is 348 g/mol. The zero-order valence-electron chi connectivity index (χ0n) is 14.3. The highest BCUT2D eigenvalue weighted by Crippen LogP contribution is 2.34. The number of nitrogens with one attached hydrogen (secondary N) is 1. The number of pyridine rings is 1. The number of carbonyl (C=O) groups excluding carboxylic acids is 1. The van der Waals surface area contributed by atoms with Crippen molar-refractivity contribution in [3.8, 4) is 5.82 Å². The van der Waals surface area contributed by atoms with Crippen LogP contribution in [0.2, 0.25) is 0 Å². The molecule has 1 aromatic carbocycles. The van der Waals surface area contributed by atoms with E-state index in [0.717, 1.165) is 24.0 Å². The van der Waals surface area contributed by atoms with Gasteiger partial charge in [-0.3, -0.25) is 9.36 Å². The molecule has 1 aliphatic carbocycles. The molecule has 6 heteroatoms. The molecule has 6 nitrogen and oxygen atoms in total. The first kappa shape index (κ1) is 16.5. The fourth-order valence-electron chi connectivity index (χ4n) is 3.48. The summed E-state index contributed by atoms with van der Waals surface area (Å²) < 4.78 is 1.77. The van der Waals surface area contributed by atoms with Gasteiger partial charge in [-0.05, 0) is 42.5 Å². The normalized spacial score (nSPS) is 19.0. The quantitative estimate of drug-likeness (QED) is 0.758. The van der Waals surface area contributed by atoms with E-state index in [1.54, 1.807) is 35.4 Å². The molecule has 1 amide bonds. The Bertz CT molecular complexity index is 906. The van der Waals surface area contributed by atoms with Crippen LogP contribution in [0.1, 0.15) is 34.3 Å². The maximum atomic E-state index is 12.5. The summed E-state index contributed by atoms with van der Waals surface area (Å²) in [6.45, 7) is 0.187. The summed E-state index contributed by atoms with van der Waals surface area (Å²) in [6.07, 6.45) is 9.16. The molecule has 0 fully saturated rings. The average Bonchev–Trinajstić information content (AvgIpc) is 3.22. The van der Waals surface area contributed by atoms with Gasteiger partial charge in [-0.2, -0.15) is 0 Å². The predicted molar refractivity (Wildman–Crippen MR) is 97.0 cm³/mol. The zero-order valence-corrected chi connectivity index (χ0v) is 14.3. The number of hydrogen-bond donors (Lipinski definition) is 2. The number of imidazole rings is 1. The molecule has 2 N–H and O–H groups in total. The fraction of sp³-hybridized carbons (Fsp3) is 0.250. The van der Waals surface area contributed by atoms with Gasteiger partial charge in [-0.15, -0.1) is 0 Å². The minimum Gasteiger partial charge on any atom is -0.383 e. The summed E-state index contributed by atoms with van der Waals surface area (Å²) in [5.74, 6) is 0.449. The number of aromatic nitrogens is 3. The predicted octanol–water partition coefficient (Wildman–Crippen LogP) is 2.22. The van der Waals surface area contributed by atoms with Crippen molar-refractivity contribution in [2.45, 2.75) is 24.9 Å². The molecule has 1 atom stereocenters. The van der Waals surface area contributed by atoms with Gasteiger partial charge in [-0.25, -0.2) is 9.97 Å². The van der Waals surface area contributed by atoms with Gasteiger partial charge in [0.15, 0.2) is 0 Å². The molecule has 4 rings (SSSR count). The number of benzene rings is 1. The molecule has 0 saturated heterocycles. The van der Waals surface area contributed by atoms with E-state index in [-0.39, 0.29) is 12.5 Å². The Labute approximate surface area is 151 Å². The number of aliphatic hydroxyl groups is 1.